The molecule has 4 nitrogen and oxygen atoms in total. The van der Waals surface area contributed by atoms with Crippen LogP contribution in [0.25, 0.3) is 11.0 Å². The molecule has 17 heavy (non-hydrogen) atoms. The number of carbonyl (C=O) groups excluding carboxylic acids is 1. The Morgan fingerprint density at radius 1 is 1.47 bits per heavy atom. The molecule has 0 aliphatic rings. The van der Waals surface area contributed by atoms with Gasteiger partial charge in [-0.3, -0.25) is 0 Å². The van der Waals surface area contributed by atoms with Gasteiger partial charge in [0.1, 0.15) is 11.8 Å². The number of benzene rings is 1. The van der Waals surface area contributed by atoms with E-state index in [2.05, 4.69) is 15.9 Å². The van der Waals surface area contributed by atoms with Crippen molar-refractivity contribution in [1.29, 1.82) is 0 Å². The Hall–Kier alpha value is -1.49. The van der Waals surface area contributed by atoms with Gasteiger partial charge in [0.2, 0.25) is 0 Å². The van der Waals surface area contributed by atoms with E-state index in [-0.39, 0.29) is 0 Å². The highest BCUT2D eigenvalue weighted by atomic mass is 79.9. The van der Waals surface area contributed by atoms with Crippen LogP contribution in [0, 0.1) is 0 Å². The van der Waals surface area contributed by atoms with Gasteiger partial charge in [-0.2, -0.15) is 0 Å². The van der Waals surface area contributed by atoms with E-state index in [0.29, 0.717) is 28.9 Å². The van der Waals surface area contributed by atoms with Crippen molar-refractivity contribution in [2.45, 2.75) is 6.92 Å². The molecule has 1 aromatic heterocycles. The van der Waals surface area contributed by atoms with Gasteiger partial charge < -0.3 is 13.9 Å². The molecule has 5 heteroatoms. The Morgan fingerprint density at radius 3 is 2.88 bits per heavy atom. The number of halogens is 1. The van der Waals surface area contributed by atoms with Gasteiger partial charge in [-0.15, -0.1) is 0 Å². The molecule has 0 radical (unpaired) electrons. The van der Waals surface area contributed by atoms with Crippen LogP contribution in [0.4, 0.5) is 0 Å². The molecule has 0 saturated carbocycles. The SMILES string of the molecule is CCOC(=O)c1coc2c(OC)ccc(Br)c12. The van der Waals surface area contributed by atoms with Gasteiger partial charge in [-0.25, -0.2) is 4.79 Å². The van der Waals surface area contributed by atoms with Crippen LogP contribution in [0.2, 0.25) is 0 Å². The molecule has 2 aromatic rings. The van der Waals surface area contributed by atoms with Crippen LogP contribution in [-0.4, -0.2) is 19.7 Å². The molecule has 0 unspecified atom stereocenters. The highest BCUT2D eigenvalue weighted by Gasteiger charge is 2.19. The lowest BCUT2D eigenvalue weighted by Crippen LogP contribution is -2.03. The van der Waals surface area contributed by atoms with E-state index in [9.17, 15) is 4.79 Å². The van der Waals surface area contributed by atoms with Crippen molar-refractivity contribution in [3.05, 3.63) is 28.4 Å². The molecule has 0 aliphatic carbocycles. The number of hydrogen-bond donors (Lipinski definition) is 0. The van der Waals surface area contributed by atoms with E-state index in [1.165, 1.54) is 6.26 Å². The van der Waals surface area contributed by atoms with E-state index in [1.54, 1.807) is 26.2 Å². The second-order valence-electron chi connectivity index (χ2n) is 3.32. The fourth-order valence-electron chi connectivity index (χ4n) is 1.60. The predicted molar refractivity (Wildman–Crippen MR) is 66.4 cm³/mol. The molecular formula is C12H11BrO4. The number of ether oxygens (including phenoxy) is 2. The van der Waals surface area contributed by atoms with E-state index in [0.717, 1.165) is 4.47 Å². The molecule has 0 fully saturated rings. The van der Waals surface area contributed by atoms with Crippen LogP contribution in [0.1, 0.15) is 17.3 Å². The third-order valence-electron chi connectivity index (χ3n) is 2.35. The van der Waals surface area contributed by atoms with Crippen molar-refractivity contribution in [3.8, 4) is 5.75 Å². The summed E-state index contributed by atoms with van der Waals surface area (Å²) in [4.78, 5) is 11.7. The van der Waals surface area contributed by atoms with Crippen LogP contribution >= 0.6 is 15.9 Å². The maximum absolute atomic E-state index is 11.7. The van der Waals surface area contributed by atoms with Gasteiger partial charge in [0.25, 0.3) is 0 Å². The van der Waals surface area contributed by atoms with E-state index >= 15 is 0 Å². The van der Waals surface area contributed by atoms with Crippen LogP contribution in [-0.2, 0) is 4.74 Å². The second-order valence-corrected chi connectivity index (χ2v) is 4.18. The number of hydrogen-bond acceptors (Lipinski definition) is 4. The minimum Gasteiger partial charge on any atom is -0.493 e. The molecule has 2 rings (SSSR count). The number of esters is 1. The van der Waals surface area contributed by atoms with E-state index < -0.39 is 5.97 Å². The first-order valence-corrected chi connectivity index (χ1v) is 5.89. The molecule has 0 aliphatic heterocycles. The van der Waals surface area contributed by atoms with Crippen LogP contribution in [0.5, 0.6) is 5.75 Å². The molecule has 0 atom stereocenters. The zero-order valence-electron chi connectivity index (χ0n) is 9.45. The number of carbonyl (C=O) groups is 1. The van der Waals surface area contributed by atoms with Crippen molar-refractivity contribution >= 4 is 32.9 Å². The Morgan fingerprint density at radius 2 is 2.24 bits per heavy atom. The quantitative estimate of drug-likeness (QED) is 0.815. The molecular weight excluding hydrogens is 288 g/mol. The first-order chi connectivity index (χ1) is 8.19. The summed E-state index contributed by atoms with van der Waals surface area (Å²) in [6, 6.07) is 3.57. The maximum atomic E-state index is 11.7. The van der Waals surface area contributed by atoms with Crippen molar-refractivity contribution in [1.82, 2.24) is 0 Å². The summed E-state index contributed by atoms with van der Waals surface area (Å²) in [6.45, 7) is 2.09. The summed E-state index contributed by atoms with van der Waals surface area (Å²) in [5.41, 5.74) is 0.928. The Bertz CT molecular complexity index is 559. The fourth-order valence-corrected chi connectivity index (χ4v) is 2.13. The predicted octanol–water partition coefficient (Wildman–Crippen LogP) is 3.38. The van der Waals surface area contributed by atoms with E-state index in [1.807, 2.05) is 0 Å². The zero-order valence-corrected chi connectivity index (χ0v) is 11.0. The number of furan rings is 1. The summed E-state index contributed by atoms with van der Waals surface area (Å²) in [5.74, 6) is 0.180. The number of fused-ring (bicyclic) bond motifs is 1. The average Bonchev–Trinajstić information content (AvgIpc) is 2.75. The van der Waals surface area contributed by atoms with Crippen molar-refractivity contribution in [3.63, 3.8) is 0 Å². The van der Waals surface area contributed by atoms with Gasteiger partial charge >= 0.3 is 5.97 Å². The normalized spacial score (nSPS) is 10.5. The minimum atomic E-state index is -0.403. The molecule has 90 valence electrons. The van der Waals surface area contributed by atoms with Crippen LogP contribution < -0.4 is 4.74 Å². The summed E-state index contributed by atoms with van der Waals surface area (Å²) in [6.07, 6.45) is 1.38. The Kier molecular flexibility index (Phi) is 3.38. The van der Waals surface area contributed by atoms with Crippen LogP contribution in [0.3, 0.4) is 0 Å². The smallest absolute Gasteiger partial charge is 0.342 e. The van der Waals surface area contributed by atoms with Gasteiger partial charge in [0, 0.05) is 4.47 Å². The summed E-state index contributed by atoms with van der Waals surface area (Å²) in [7, 11) is 1.55. The molecule has 0 spiro atoms. The van der Waals surface area contributed by atoms with Crippen molar-refractivity contribution in [2.75, 3.05) is 13.7 Å². The zero-order chi connectivity index (χ0) is 12.4. The maximum Gasteiger partial charge on any atom is 0.342 e. The fraction of sp³-hybridized carbons (Fsp3) is 0.250. The molecule has 1 heterocycles. The number of methoxy groups -OCH3 is 1. The highest BCUT2D eigenvalue weighted by Crippen LogP contribution is 2.35. The van der Waals surface area contributed by atoms with E-state index in [4.69, 9.17) is 13.9 Å². The first-order valence-electron chi connectivity index (χ1n) is 5.09. The summed E-state index contributed by atoms with van der Waals surface area (Å²) in [5, 5.41) is 0.669. The number of rotatable bonds is 3. The van der Waals surface area contributed by atoms with Gasteiger partial charge in [0.15, 0.2) is 11.3 Å². The lowest BCUT2D eigenvalue weighted by Gasteiger charge is -2.03. The molecule has 0 saturated heterocycles. The molecule has 0 N–H and O–H groups in total. The lowest BCUT2D eigenvalue weighted by atomic mass is 10.1. The monoisotopic (exact) mass is 298 g/mol. The van der Waals surface area contributed by atoms with Gasteiger partial charge in [-0.1, -0.05) is 15.9 Å². The highest BCUT2D eigenvalue weighted by molar-refractivity contribution is 9.10. The van der Waals surface area contributed by atoms with Gasteiger partial charge in [0.05, 0.1) is 19.1 Å². The second kappa shape index (κ2) is 4.79. The average molecular weight is 299 g/mol. The summed E-state index contributed by atoms with van der Waals surface area (Å²) < 4.78 is 16.3. The Balaban J connectivity index is 2.63. The summed E-state index contributed by atoms with van der Waals surface area (Å²) >= 11 is 3.39. The van der Waals surface area contributed by atoms with Crippen molar-refractivity contribution in [2.24, 2.45) is 0 Å². The third-order valence-corrected chi connectivity index (χ3v) is 3.01. The first kappa shape index (κ1) is 12.0. The van der Waals surface area contributed by atoms with Gasteiger partial charge in [-0.05, 0) is 19.1 Å². The standard InChI is InChI=1S/C12H11BrO4/c1-3-16-12(14)7-6-17-11-9(15-2)5-4-8(13)10(7)11/h4-6H,3H2,1-2H3. The molecule has 0 amide bonds. The molecule has 0 bridgehead atoms. The minimum absolute atomic E-state index is 0.326. The Labute approximate surface area is 107 Å². The molecule has 1 aromatic carbocycles. The largest absolute Gasteiger partial charge is 0.493 e. The topological polar surface area (TPSA) is 48.7 Å². The lowest BCUT2D eigenvalue weighted by molar-refractivity contribution is 0.0527. The third kappa shape index (κ3) is 2.02. The van der Waals surface area contributed by atoms with Crippen LogP contribution in [0.15, 0.2) is 27.3 Å². The van der Waals surface area contributed by atoms with Crippen molar-refractivity contribution < 1.29 is 18.7 Å².